The van der Waals surface area contributed by atoms with E-state index in [1.54, 1.807) is 18.2 Å². The summed E-state index contributed by atoms with van der Waals surface area (Å²) < 4.78 is 59.2. The Labute approximate surface area is 369 Å². The lowest BCUT2D eigenvalue weighted by molar-refractivity contribution is -0.388. The minimum absolute atomic E-state index is 0.0237. The van der Waals surface area contributed by atoms with E-state index < -0.39 is 51.1 Å². The Morgan fingerprint density at radius 3 is 1.77 bits per heavy atom. The molecular formula is C46H45N7O9S2. The fourth-order valence-electron chi connectivity index (χ4n) is 8.49. The molecule has 0 saturated heterocycles. The second-order valence-electron chi connectivity index (χ2n) is 15.7. The Hall–Kier alpha value is -6.44. The highest BCUT2D eigenvalue weighted by Crippen LogP contribution is 2.36. The van der Waals surface area contributed by atoms with E-state index in [0.717, 1.165) is 53.1 Å². The largest absolute Gasteiger partial charge is 0.352 e. The van der Waals surface area contributed by atoms with Crippen molar-refractivity contribution in [1.29, 1.82) is 0 Å². The van der Waals surface area contributed by atoms with Crippen LogP contribution in [0.1, 0.15) is 47.4 Å². The SMILES string of the molecule is O=C(NCCCCCN1CCCN(S(=O)(=O)c2ccccc2[N+](=O)[O-])Cc2cccc(n2)CN(S(=O)(=O)c2ccccc2[N+](=O)[O-])CC1)c1ccc2ccc3cccc4ccc1c2c34. The molecule has 16 nitrogen and oxygen atoms in total. The number of para-hydroxylation sites is 2. The maximum absolute atomic E-state index is 14.3. The molecule has 18 heteroatoms. The van der Waals surface area contributed by atoms with Crippen LogP contribution in [0.2, 0.25) is 0 Å². The molecule has 0 fully saturated rings. The van der Waals surface area contributed by atoms with Crippen molar-refractivity contribution in [3.8, 4) is 0 Å². The number of rotatable bonds is 13. The third kappa shape index (κ3) is 9.13. The summed E-state index contributed by atoms with van der Waals surface area (Å²) in [4.78, 5) is 41.7. The first-order valence-electron chi connectivity index (χ1n) is 20.9. The summed E-state index contributed by atoms with van der Waals surface area (Å²) in [5.74, 6) is -0.170. The number of hydrogen-bond acceptors (Lipinski definition) is 11. The van der Waals surface area contributed by atoms with E-state index in [1.807, 2.05) is 35.2 Å². The van der Waals surface area contributed by atoms with Crippen LogP contribution in [0.5, 0.6) is 0 Å². The van der Waals surface area contributed by atoms with Crippen molar-refractivity contribution in [2.45, 2.75) is 48.6 Å². The number of pyridine rings is 1. The predicted molar refractivity (Wildman–Crippen MR) is 243 cm³/mol. The predicted octanol–water partition coefficient (Wildman–Crippen LogP) is 7.48. The van der Waals surface area contributed by atoms with Gasteiger partial charge in [-0.05, 0) is 95.0 Å². The minimum Gasteiger partial charge on any atom is -0.352 e. The average molecular weight is 904 g/mol. The van der Waals surface area contributed by atoms with E-state index in [2.05, 4.69) is 34.6 Å². The molecule has 0 unspecified atom stereocenters. The van der Waals surface area contributed by atoms with Gasteiger partial charge in [0.15, 0.2) is 9.79 Å². The monoisotopic (exact) mass is 903 g/mol. The van der Waals surface area contributed by atoms with Crippen LogP contribution in [0.25, 0.3) is 32.3 Å². The average Bonchev–Trinajstić information content (AvgIpc) is 3.30. The summed E-state index contributed by atoms with van der Waals surface area (Å²) >= 11 is 0. The molecule has 1 N–H and O–H groups in total. The molecule has 1 aromatic heterocycles. The highest BCUT2D eigenvalue weighted by molar-refractivity contribution is 7.89. The molecule has 1 amide bonds. The zero-order valence-electron chi connectivity index (χ0n) is 34.7. The van der Waals surface area contributed by atoms with E-state index >= 15 is 0 Å². The maximum atomic E-state index is 14.3. The lowest BCUT2D eigenvalue weighted by Crippen LogP contribution is -2.40. The smallest absolute Gasteiger partial charge is 0.289 e. The first-order valence-corrected chi connectivity index (χ1v) is 23.8. The van der Waals surface area contributed by atoms with Crippen molar-refractivity contribution in [2.75, 3.05) is 39.3 Å². The van der Waals surface area contributed by atoms with Crippen molar-refractivity contribution >= 4 is 69.6 Å². The molecule has 7 aromatic rings. The third-order valence-electron chi connectivity index (χ3n) is 11.7. The Morgan fingerprint density at radius 2 is 1.14 bits per heavy atom. The molecule has 0 radical (unpaired) electrons. The molecule has 0 saturated carbocycles. The number of unbranched alkanes of at least 4 members (excludes halogenated alkanes) is 2. The number of hydrogen-bond donors (Lipinski definition) is 1. The highest BCUT2D eigenvalue weighted by atomic mass is 32.2. The van der Waals surface area contributed by atoms with Gasteiger partial charge < -0.3 is 10.2 Å². The molecule has 1 aliphatic heterocycles. The summed E-state index contributed by atoms with van der Waals surface area (Å²) in [5.41, 5.74) is 0.0336. The van der Waals surface area contributed by atoms with E-state index in [1.165, 1.54) is 36.4 Å². The van der Waals surface area contributed by atoms with Crippen molar-refractivity contribution in [3.05, 3.63) is 159 Å². The van der Waals surface area contributed by atoms with E-state index in [9.17, 15) is 41.9 Å². The van der Waals surface area contributed by atoms with Gasteiger partial charge >= 0.3 is 0 Å². The van der Waals surface area contributed by atoms with Crippen molar-refractivity contribution in [1.82, 2.24) is 23.8 Å². The molecule has 2 bridgehead atoms. The Bertz CT molecular complexity index is 3100. The fraction of sp³-hybridized carbons (Fsp3) is 0.261. The van der Waals surface area contributed by atoms with Gasteiger partial charge in [0, 0.05) is 43.9 Å². The van der Waals surface area contributed by atoms with Gasteiger partial charge in [0.25, 0.3) is 17.3 Å². The van der Waals surface area contributed by atoms with Crippen molar-refractivity contribution in [3.63, 3.8) is 0 Å². The normalized spacial score (nSPS) is 15.1. The number of aromatic nitrogens is 1. The summed E-state index contributed by atoms with van der Waals surface area (Å²) in [7, 11) is -8.87. The van der Waals surface area contributed by atoms with E-state index in [4.69, 9.17) is 0 Å². The highest BCUT2D eigenvalue weighted by Gasteiger charge is 2.34. The van der Waals surface area contributed by atoms with Crippen LogP contribution in [0, 0.1) is 20.2 Å². The number of nitro groups is 2. The molecule has 0 atom stereocenters. The van der Waals surface area contributed by atoms with Gasteiger partial charge in [-0.25, -0.2) is 16.8 Å². The molecular weight excluding hydrogens is 859 g/mol. The van der Waals surface area contributed by atoms with E-state index in [-0.39, 0.29) is 56.4 Å². The summed E-state index contributed by atoms with van der Waals surface area (Å²) in [5, 5.41) is 33.3. The number of sulfonamides is 2. The van der Waals surface area contributed by atoms with Crippen LogP contribution in [0.4, 0.5) is 11.4 Å². The molecule has 330 valence electrons. The van der Waals surface area contributed by atoms with Crippen LogP contribution in [-0.4, -0.2) is 90.4 Å². The number of benzene rings is 6. The van der Waals surface area contributed by atoms with Crippen molar-refractivity contribution < 1.29 is 31.5 Å². The van der Waals surface area contributed by atoms with Crippen LogP contribution in [0.15, 0.2) is 131 Å². The van der Waals surface area contributed by atoms with E-state index in [0.29, 0.717) is 44.5 Å². The topological polar surface area (TPSA) is 206 Å². The number of carbonyl (C=O) groups excluding carboxylic acids is 1. The molecule has 0 aliphatic carbocycles. The van der Waals surface area contributed by atoms with Gasteiger partial charge in [-0.1, -0.05) is 85.3 Å². The quantitative estimate of drug-likeness (QED) is 0.0519. The molecule has 6 aromatic carbocycles. The van der Waals surface area contributed by atoms with Crippen LogP contribution in [-0.2, 0) is 33.1 Å². The summed E-state index contributed by atoms with van der Waals surface area (Å²) in [6.45, 7) is 0.842. The van der Waals surface area contributed by atoms with Crippen molar-refractivity contribution in [2.24, 2.45) is 0 Å². The van der Waals surface area contributed by atoms with Gasteiger partial charge in [0.05, 0.1) is 34.3 Å². The maximum Gasteiger partial charge on any atom is 0.289 e. The standard InChI is InChI=1S/C46H45N7O9S2/c54-46(39-24-22-35-20-19-33-11-8-12-34-21-23-38(39)45(35)44(33)34)47-25-6-1-7-26-49-27-10-28-50(63(59,60)42-17-4-2-15-40(42)52(55)56)31-36-13-9-14-37(48-36)32-51(30-29-49)64(61,62)43-18-5-3-16-41(43)53(57)58/h2-5,8-9,11-24H,1,6-7,10,25-32H2,(H,47,54). The number of nitro benzene ring substituents is 2. The number of nitrogens with zero attached hydrogens (tertiary/aromatic N) is 6. The number of fused-ring (bicyclic) bond motifs is 2. The van der Waals surface area contributed by atoms with Gasteiger partial charge in [-0.3, -0.25) is 30.0 Å². The summed E-state index contributed by atoms with van der Waals surface area (Å²) in [6, 6.07) is 33.3. The third-order valence-corrected chi connectivity index (χ3v) is 15.4. The van der Waals surface area contributed by atoms with Crippen LogP contribution < -0.4 is 5.32 Å². The van der Waals surface area contributed by atoms with Crippen LogP contribution in [0.3, 0.4) is 0 Å². The minimum atomic E-state index is -4.45. The number of amides is 1. The Balaban J connectivity index is 0.995. The second kappa shape index (κ2) is 18.7. The second-order valence-corrected chi connectivity index (χ2v) is 19.5. The molecule has 8 rings (SSSR count). The summed E-state index contributed by atoms with van der Waals surface area (Å²) in [6.07, 6.45) is 2.31. The van der Waals surface area contributed by atoms with Gasteiger partial charge in [-0.2, -0.15) is 8.61 Å². The number of carbonyl (C=O) groups is 1. The Morgan fingerprint density at radius 1 is 0.594 bits per heavy atom. The fourth-order valence-corrected chi connectivity index (χ4v) is 11.7. The first kappa shape index (κ1) is 44.2. The van der Waals surface area contributed by atoms with Gasteiger partial charge in [-0.15, -0.1) is 0 Å². The lowest BCUT2D eigenvalue weighted by atomic mass is 9.92. The molecule has 1 aliphatic rings. The van der Waals surface area contributed by atoms with Gasteiger partial charge in [0.1, 0.15) is 0 Å². The lowest BCUT2D eigenvalue weighted by Gasteiger charge is -2.28. The molecule has 0 spiro atoms. The zero-order valence-corrected chi connectivity index (χ0v) is 36.3. The Kier molecular flexibility index (Phi) is 12.9. The number of nitrogens with one attached hydrogen (secondary N) is 1. The zero-order chi connectivity index (χ0) is 45.0. The molecule has 2 heterocycles. The first-order chi connectivity index (χ1) is 30.8. The van der Waals surface area contributed by atoms with Crippen LogP contribution >= 0.6 is 0 Å². The molecule has 64 heavy (non-hydrogen) atoms. The van der Waals surface area contributed by atoms with Gasteiger partial charge in [0.2, 0.25) is 20.0 Å².